The first-order chi connectivity index (χ1) is 12.1. The van der Waals surface area contributed by atoms with E-state index in [1.807, 2.05) is 0 Å². The van der Waals surface area contributed by atoms with E-state index in [0.717, 1.165) is 12.5 Å². The summed E-state index contributed by atoms with van der Waals surface area (Å²) in [7, 11) is 4.79. The van der Waals surface area contributed by atoms with Gasteiger partial charge in [-0.3, -0.25) is 14.5 Å². The molecule has 1 N–H and O–H groups in total. The van der Waals surface area contributed by atoms with E-state index in [-0.39, 0.29) is 24.7 Å². The molecule has 0 aliphatic carbocycles. The molecule has 1 aromatic rings. The highest BCUT2D eigenvalue weighted by Gasteiger charge is 2.33. The number of amides is 2. The molecule has 0 aliphatic heterocycles. The summed E-state index contributed by atoms with van der Waals surface area (Å²) in [6, 6.07) is 4.70. The number of methoxy groups -OCH3 is 1. The first kappa shape index (κ1) is 21.9. The van der Waals surface area contributed by atoms with Crippen LogP contribution < -0.4 is 5.32 Å². The number of halogens is 3. The van der Waals surface area contributed by atoms with E-state index in [4.69, 9.17) is 4.74 Å². The lowest BCUT2D eigenvalue weighted by Crippen LogP contribution is -2.41. The zero-order valence-electron chi connectivity index (χ0n) is 15.1. The smallest absolute Gasteiger partial charge is 0.385 e. The minimum atomic E-state index is -4.57. The van der Waals surface area contributed by atoms with Crippen LogP contribution in [0.5, 0.6) is 0 Å². The van der Waals surface area contributed by atoms with Gasteiger partial charge in [0.25, 0.3) is 0 Å². The minimum Gasteiger partial charge on any atom is -0.385 e. The van der Waals surface area contributed by atoms with Crippen molar-refractivity contribution in [2.24, 2.45) is 0 Å². The quantitative estimate of drug-likeness (QED) is 0.672. The Morgan fingerprint density at radius 3 is 2.42 bits per heavy atom. The average molecular weight is 375 g/mol. The van der Waals surface area contributed by atoms with Crippen molar-refractivity contribution in [3.63, 3.8) is 0 Å². The van der Waals surface area contributed by atoms with Crippen molar-refractivity contribution in [3.05, 3.63) is 29.8 Å². The van der Waals surface area contributed by atoms with E-state index in [2.05, 4.69) is 5.32 Å². The summed E-state index contributed by atoms with van der Waals surface area (Å²) in [6.45, 7) is 0.998. The molecule has 146 valence electrons. The Labute approximate surface area is 150 Å². The van der Waals surface area contributed by atoms with Crippen LogP contribution in [0.15, 0.2) is 24.3 Å². The number of hydrogen-bond acceptors (Lipinski definition) is 4. The number of likely N-dealkylation sites (N-methyl/N-ethyl adjacent to an activating group) is 2. The summed E-state index contributed by atoms with van der Waals surface area (Å²) in [5.74, 6) is -0.997. The molecule has 0 aromatic heterocycles. The second-order valence-electron chi connectivity index (χ2n) is 5.93. The van der Waals surface area contributed by atoms with Crippen LogP contribution in [-0.2, 0) is 20.5 Å². The van der Waals surface area contributed by atoms with Crippen molar-refractivity contribution in [2.75, 3.05) is 52.8 Å². The second-order valence-corrected chi connectivity index (χ2v) is 5.93. The fourth-order valence-corrected chi connectivity index (χ4v) is 2.24. The van der Waals surface area contributed by atoms with Crippen LogP contribution in [0, 0.1) is 0 Å². The van der Waals surface area contributed by atoms with E-state index in [0.29, 0.717) is 13.2 Å². The summed E-state index contributed by atoms with van der Waals surface area (Å²) in [5, 5.41) is 2.22. The van der Waals surface area contributed by atoms with Gasteiger partial charge in [-0.25, -0.2) is 0 Å². The van der Waals surface area contributed by atoms with Crippen molar-refractivity contribution in [2.45, 2.75) is 12.6 Å². The zero-order chi connectivity index (χ0) is 19.7. The molecular formula is C17H24F3N3O3. The first-order valence-corrected chi connectivity index (χ1v) is 8.02. The van der Waals surface area contributed by atoms with Gasteiger partial charge in [0.2, 0.25) is 11.8 Å². The number of hydrogen-bond donors (Lipinski definition) is 1. The third-order valence-electron chi connectivity index (χ3n) is 3.61. The van der Waals surface area contributed by atoms with Crippen LogP contribution in [0.25, 0.3) is 0 Å². The lowest BCUT2D eigenvalue weighted by molar-refractivity contribution is -0.137. The van der Waals surface area contributed by atoms with Crippen LogP contribution >= 0.6 is 0 Å². The van der Waals surface area contributed by atoms with Gasteiger partial charge in [-0.15, -0.1) is 0 Å². The Bertz CT molecular complexity index is 608. The molecular weight excluding hydrogens is 351 g/mol. The number of ether oxygens (including phenoxy) is 1. The van der Waals surface area contributed by atoms with Gasteiger partial charge in [-0.1, -0.05) is 12.1 Å². The third-order valence-corrected chi connectivity index (χ3v) is 3.61. The van der Waals surface area contributed by atoms with E-state index in [1.54, 1.807) is 19.1 Å². The van der Waals surface area contributed by atoms with Crippen LogP contribution in [0.4, 0.5) is 18.9 Å². The number of carbonyl (C=O) groups is 2. The molecule has 0 heterocycles. The van der Waals surface area contributed by atoms with Gasteiger partial charge >= 0.3 is 6.18 Å². The number of carbonyl (C=O) groups excluding carboxylic acids is 2. The van der Waals surface area contributed by atoms with Gasteiger partial charge in [-0.2, -0.15) is 13.2 Å². The van der Waals surface area contributed by atoms with Crippen molar-refractivity contribution < 1.29 is 27.5 Å². The monoisotopic (exact) mass is 375 g/mol. The summed E-state index contributed by atoms with van der Waals surface area (Å²) < 4.78 is 43.7. The molecule has 0 saturated heterocycles. The normalized spacial score (nSPS) is 11.5. The molecule has 0 spiro atoms. The minimum absolute atomic E-state index is 0.104. The van der Waals surface area contributed by atoms with Crippen molar-refractivity contribution in [1.82, 2.24) is 9.80 Å². The highest BCUT2D eigenvalue weighted by atomic mass is 19.4. The number of para-hydroxylation sites is 1. The Balaban J connectivity index is 2.56. The molecule has 1 rings (SSSR count). The lowest BCUT2D eigenvalue weighted by atomic mass is 10.1. The van der Waals surface area contributed by atoms with E-state index in [1.165, 1.54) is 30.1 Å². The molecule has 0 saturated carbocycles. The summed E-state index contributed by atoms with van der Waals surface area (Å²) in [4.78, 5) is 27.1. The summed E-state index contributed by atoms with van der Waals surface area (Å²) in [6.07, 6.45) is -3.81. The second kappa shape index (κ2) is 10.1. The standard InChI is InChI=1S/C17H24F3N3O3/c1-22(9-6-10-26-3)12-16(25)23(2)11-15(24)21-14-8-5-4-7-13(14)17(18,19)20/h4-5,7-8H,6,9-12H2,1-3H3,(H,21,24). The zero-order valence-corrected chi connectivity index (χ0v) is 15.1. The fraction of sp³-hybridized carbons (Fsp3) is 0.529. The van der Waals surface area contributed by atoms with Crippen molar-refractivity contribution in [1.29, 1.82) is 0 Å². The number of alkyl halides is 3. The molecule has 2 amide bonds. The van der Waals surface area contributed by atoms with Crippen LogP contribution in [0.2, 0.25) is 0 Å². The number of anilines is 1. The maximum Gasteiger partial charge on any atom is 0.418 e. The topological polar surface area (TPSA) is 61.9 Å². The third kappa shape index (κ3) is 7.40. The Morgan fingerprint density at radius 2 is 1.81 bits per heavy atom. The van der Waals surface area contributed by atoms with Gasteiger partial charge in [0.1, 0.15) is 0 Å². The molecule has 0 aliphatic rings. The van der Waals surface area contributed by atoms with Gasteiger partial charge in [0.05, 0.1) is 24.3 Å². The maximum absolute atomic E-state index is 12.9. The van der Waals surface area contributed by atoms with Crippen LogP contribution in [0.3, 0.4) is 0 Å². The van der Waals surface area contributed by atoms with Gasteiger partial charge < -0.3 is 15.0 Å². The lowest BCUT2D eigenvalue weighted by Gasteiger charge is -2.22. The Kier molecular flexibility index (Phi) is 8.53. The molecule has 9 heteroatoms. The summed E-state index contributed by atoms with van der Waals surface area (Å²) in [5.41, 5.74) is -1.26. The molecule has 0 bridgehead atoms. The number of nitrogens with zero attached hydrogens (tertiary/aromatic N) is 2. The highest BCUT2D eigenvalue weighted by Crippen LogP contribution is 2.34. The molecule has 6 nitrogen and oxygen atoms in total. The van der Waals surface area contributed by atoms with Crippen molar-refractivity contribution >= 4 is 17.5 Å². The number of benzene rings is 1. The molecule has 0 fully saturated rings. The molecule has 0 atom stereocenters. The predicted molar refractivity (Wildman–Crippen MR) is 91.7 cm³/mol. The predicted octanol–water partition coefficient (Wildman–Crippen LogP) is 2.07. The Hall–Kier alpha value is -2.13. The van der Waals surface area contributed by atoms with Gasteiger partial charge in [0.15, 0.2) is 0 Å². The van der Waals surface area contributed by atoms with Gasteiger partial charge in [-0.05, 0) is 25.6 Å². The first-order valence-electron chi connectivity index (χ1n) is 8.02. The Morgan fingerprint density at radius 1 is 1.15 bits per heavy atom. The number of rotatable bonds is 9. The molecule has 0 unspecified atom stereocenters. The fourth-order valence-electron chi connectivity index (χ4n) is 2.24. The van der Waals surface area contributed by atoms with Gasteiger partial charge in [0, 0.05) is 27.3 Å². The molecule has 26 heavy (non-hydrogen) atoms. The maximum atomic E-state index is 12.9. The van der Waals surface area contributed by atoms with E-state index < -0.39 is 17.6 Å². The van der Waals surface area contributed by atoms with E-state index in [9.17, 15) is 22.8 Å². The molecule has 0 radical (unpaired) electrons. The number of nitrogens with one attached hydrogen (secondary N) is 1. The molecule has 1 aromatic carbocycles. The van der Waals surface area contributed by atoms with Crippen molar-refractivity contribution in [3.8, 4) is 0 Å². The largest absolute Gasteiger partial charge is 0.418 e. The summed E-state index contributed by atoms with van der Waals surface area (Å²) >= 11 is 0. The SMILES string of the molecule is COCCCN(C)CC(=O)N(C)CC(=O)Nc1ccccc1C(F)(F)F. The average Bonchev–Trinajstić information content (AvgIpc) is 2.54. The van der Waals surface area contributed by atoms with Crippen LogP contribution in [0.1, 0.15) is 12.0 Å². The van der Waals surface area contributed by atoms with Crippen LogP contribution in [-0.4, -0.2) is 69.1 Å². The van der Waals surface area contributed by atoms with E-state index >= 15 is 0 Å². The highest BCUT2D eigenvalue weighted by molar-refractivity contribution is 5.95.